The molecule has 9 nitrogen and oxygen atoms in total. The summed E-state index contributed by atoms with van der Waals surface area (Å²) in [7, 11) is 5.18. The normalized spacial score (nSPS) is 15.6. The minimum atomic E-state index is -1.02. The van der Waals surface area contributed by atoms with Crippen molar-refractivity contribution >= 4 is 5.97 Å². The molecule has 1 aliphatic heterocycles. The van der Waals surface area contributed by atoms with Crippen molar-refractivity contribution in [1.82, 2.24) is 4.90 Å². The van der Waals surface area contributed by atoms with Crippen LogP contribution in [-0.2, 0) is 24.1 Å². The summed E-state index contributed by atoms with van der Waals surface area (Å²) >= 11 is 0. The lowest BCUT2D eigenvalue weighted by Gasteiger charge is -2.35. The molecule has 1 aliphatic rings. The first-order chi connectivity index (χ1) is 17.6. The third-order valence-corrected chi connectivity index (χ3v) is 6.45. The van der Waals surface area contributed by atoms with Crippen molar-refractivity contribution < 1.29 is 34.7 Å². The van der Waals surface area contributed by atoms with Crippen molar-refractivity contribution in [2.75, 3.05) is 27.8 Å². The average Bonchev–Trinajstić information content (AvgIpc) is 2.87. The van der Waals surface area contributed by atoms with Gasteiger partial charge in [0.05, 0.1) is 14.2 Å². The quantitative estimate of drug-likeness (QED) is 0.323. The van der Waals surface area contributed by atoms with E-state index in [0.29, 0.717) is 11.5 Å². The van der Waals surface area contributed by atoms with E-state index in [1.165, 1.54) is 24.8 Å². The predicted octanol–water partition coefficient (Wildman–Crippen LogP) is 3.23. The maximum absolute atomic E-state index is 10.4. The predicted molar refractivity (Wildman–Crippen MR) is 140 cm³/mol. The molecule has 4 rings (SSSR count). The highest BCUT2D eigenvalue weighted by molar-refractivity contribution is 5.73. The highest BCUT2D eigenvalue weighted by atomic mass is 16.5. The van der Waals surface area contributed by atoms with Crippen molar-refractivity contribution in [3.05, 3.63) is 76.9 Å². The number of benzene rings is 3. The molecule has 9 heteroatoms. The summed E-state index contributed by atoms with van der Waals surface area (Å²) in [5.74, 6) is 0.429. The Bertz CT molecular complexity index is 1210. The first kappa shape index (κ1) is 27.6. The van der Waals surface area contributed by atoms with E-state index in [2.05, 4.69) is 11.9 Å². The number of aliphatic carboxylic acids is 1. The number of fused-ring (bicyclic) bond motifs is 1. The van der Waals surface area contributed by atoms with E-state index in [1.54, 1.807) is 37.4 Å². The van der Waals surface area contributed by atoms with Crippen molar-refractivity contribution in [3.8, 4) is 28.7 Å². The first-order valence-corrected chi connectivity index (χ1v) is 11.8. The first-order valence-electron chi connectivity index (χ1n) is 11.8. The lowest BCUT2D eigenvalue weighted by molar-refractivity contribution is -0.138. The molecule has 0 amide bonds. The lowest BCUT2D eigenvalue weighted by Crippen LogP contribution is -2.33. The van der Waals surface area contributed by atoms with Crippen LogP contribution in [0.3, 0.4) is 0 Å². The van der Waals surface area contributed by atoms with Gasteiger partial charge in [0.2, 0.25) is 0 Å². The molecule has 0 aliphatic carbocycles. The van der Waals surface area contributed by atoms with Gasteiger partial charge in [0.1, 0.15) is 11.8 Å². The van der Waals surface area contributed by atoms with Gasteiger partial charge in [-0.3, -0.25) is 9.69 Å². The maximum atomic E-state index is 10.4. The Morgan fingerprint density at radius 2 is 1.59 bits per heavy atom. The molecule has 0 radical (unpaired) electrons. The molecular weight excluding hydrogens is 476 g/mol. The fourth-order valence-electron chi connectivity index (χ4n) is 4.33. The highest BCUT2D eigenvalue weighted by Crippen LogP contribution is 2.39. The van der Waals surface area contributed by atoms with Gasteiger partial charge in [0.15, 0.2) is 23.0 Å². The number of phenols is 3. The number of methoxy groups -OCH3 is 2. The summed E-state index contributed by atoms with van der Waals surface area (Å²) < 4.78 is 10.3. The van der Waals surface area contributed by atoms with Crippen LogP contribution >= 0.6 is 0 Å². The van der Waals surface area contributed by atoms with Gasteiger partial charge in [0, 0.05) is 12.6 Å². The Morgan fingerprint density at radius 1 is 0.973 bits per heavy atom. The Labute approximate surface area is 216 Å². The number of likely N-dealkylation sites (N-methyl/N-ethyl adjacent to an activating group) is 1. The molecule has 0 saturated heterocycles. The number of rotatable bonds is 7. The molecule has 3 aromatic carbocycles. The third-order valence-electron chi connectivity index (χ3n) is 6.45. The number of ether oxygens (including phenoxy) is 2. The fourth-order valence-corrected chi connectivity index (χ4v) is 4.33. The largest absolute Gasteiger partial charge is 0.508 e. The van der Waals surface area contributed by atoms with E-state index in [4.69, 9.17) is 25.4 Å². The molecule has 6 N–H and O–H groups in total. The molecule has 0 aromatic heterocycles. The zero-order chi connectivity index (χ0) is 27.1. The van der Waals surface area contributed by atoms with Crippen molar-refractivity contribution in [3.63, 3.8) is 0 Å². The second kappa shape index (κ2) is 12.3. The topological polar surface area (TPSA) is 146 Å². The third kappa shape index (κ3) is 7.05. The van der Waals surface area contributed by atoms with Gasteiger partial charge in [-0.05, 0) is 85.0 Å². The summed E-state index contributed by atoms with van der Waals surface area (Å²) in [5, 5.41) is 37.6. The minimum absolute atomic E-state index is 0.137. The van der Waals surface area contributed by atoms with E-state index in [1.807, 2.05) is 12.1 Å². The summed E-state index contributed by atoms with van der Waals surface area (Å²) in [5.41, 5.74) is 9.45. The Hall–Kier alpha value is -3.95. The number of carboxylic acids is 1. The Balaban J connectivity index is 0.000000248. The highest BCUT2D eigenvalue weighted by Gasteiger charge is 2.27. The van der Waals surface area contributed by atoms with Crippen LogP contribution in [0, 0.1) is 0 Å². The molecule has 0 bridgehead atoms. The molecule has 1 heterocycles. The second-order valence-corrected chi connectivity index (χ2v) is 8.99. The van der Waals surface area contributed by atoms with Gasteiger partial charge in [-0.15, -0.1) is 0 Å². The van der Waals surface area contributed by atoms with Crippen LogP contribution in [0.2, 0.25) is 0 Å². The summed E-state index contributed by atoms with van der Waals surface area (Å²) in [4.78, 5) is 12.7. The SMILES string of the molecule is COc1ccc(CC2c3cc(O)c(OC)cc3CCN2C)cc1O.NC(Cc1ccc(O)cc1)C(=O)O. The van der Waals surface area contributed by atoms with E-state index < -0.39 is 12.0 Å². The molecule has 37 heavy (non-hydrogen) atoms. The molecule has 3 aromatic rings. The zero-order valence-electron chi connectivity index (χ0n) is 21.2. The van der Waals surface area contributed by atoms with Gasteiger partial charge in [-0.2, -0.15) is 0 Å². The number of aromatic hydroxyl groups is 3. The van der Waals surface area contributed by atoms with Crippen LogP contribution in [-0.4, -0.2) is 65.1 Å². The van der Waals surface area contributed by atoms with Crippen molar-refractivity contribution in [1.29, 1.82) is 0 Å². The van der Waals surface area contributed by atoms with Gasteiger partial charge in [0.25, 0.3) is 0 Å². The summed E-state index contributed by atoms with van der Waals surface area (Å²) in [6, 6.07) is 14.8. The molecule has 0 saturated carbocycles. The van der Waals surface area contributed by atoms with Crippen LogP contribution in [0.15, 0.2) is 54.6 Å². The summed E-state index contributed by atoms with van der Waals surface area (Å²) in [6.07, 6.45) is 1.94. The molecule has 0 spiro atoms. The second-order valence-electron chi connectivity index (χ2n) is 8.99. The van der Waals surface area contributed by atoms with Gasteiger partial charge in [-0.1, -0.05) is 18.2 Å². The number of carbonyl (C=O) groups is 1. The zero-order valence-corrected chi connectivity index (χ0v) is 21.2. The standard InChI is InChI=1S/C19H23NO4.C9H11NO3/c1-20-7-6-13-10-19(24-3)17(22)11-14(13)15(20)8-12-4-5-18(23-2)16(21)9-12;10-8(9(12)13)5-6-1-3-7(11)4-2-6/h4-5,9-11,15,21-22H,6-8H2,1-3H3;1-4,8,11H,5,10H2,(H,12,13). The van der Waals surface area contributed by atoms with E-state index in [0.717, 1.165) is 36.1 Å². The van der Waals surface area contributed by atoms with Gasteiger partial charge >= 0.3 is 5.97 Å². The van der Waals surface area contributed by atoms with Crippen LogP contribution in [0.25, 0.3) is 0 Å². The van der Waals surface area contributed by atoms with Crippen LogP contribution in [0.1, 0.15) is 28.3 Å². The molecular formula is C28H34N2O7. The van der Waals surface area contributed by atoms with Crippen molar-refractivity contribution in [2.24, 2.45) is 5.73 Å². The Morgan fingerprint density at radius 3 is 2.19 bits per heavy atom. The molecule has 198 valence electrons. The minimum Gasteiger partial charge on any atom is -0.508 e. The number of carboxylic acid groups (broad SMARTS) is 1. The number of nitrogens with two attached hydrogens (primary N) is 1. The van der Waals surface area contributed by atoms with Crippen LogP contribution in [0.4, 0.5) is 0 Å². The molecule has 0 fully saturated rings. The maximum Gasteiger partial charge on any atom is 0.320 e. The van der Waals surface area contributed by atoms with E-state index >= 15 is 0 Å². The monoisotopic (exact) mass is 510 g/mol. The van der Waals surface area contributed by atoms with E-state index in [9.17, 15) is 15.0 Å². The van der Waals surface area contributed by atoms with Crippen LogP contribution in [0.5, 0.6) is 28.7 Å². The Kier molecular flexibility index (Phi) is 9.21. The smallest absolute Gasteiger partial charge is 0.320 e. The van der Waals surface area contributed by atoms with Gasteiger partial charge < -0.3 is 35.6 Å². The molecule has 2 atom stereocenters. The average molecular weight is 511 g/mol. The molecule has 2 unspecified atom stereocenters. The lowest BCUT2D eigenvalue weighted by atomic mass is 9.88. The van der Waals surface area contributed by atoms with E-state index in [-0.39, 0.29) is 29.7 Å². The van der Waals surface area contributed by atoms with Crippen molar-refractivity contribution in [2.45, 2.75) is 31.3 Å². The fraction of sp³-hybridized carbons (Fsp3) is 0.321. The number of nitrogens with zero attached hydrogens (tertiary/aromatic N) is 1. The van der Waals surface area contributed by atoms with Crippen LogP contribution < -0.4 is 15.2 Å². The van der Waals surface area contributed by atoms with Gasteiger partial charge in [-0.25, -0.2) is 0 Å². The number of phenolic OH excluding ortho intramolecular Hbond substituents is 3. The summed E-state index contributed by atoms with van der Waals surface area (Å²) in [6.45, 7) is 0.938. The number of hydrogen-bond donors (Lipinski definition) is 5. The number of hydrogen-bond acceptors (Lipinski definition) is 8.